The number of nitrogens with zero attached hydrogens (tertiary/aromatic N) is 1. The molecule has 2 aromatic heterocycles. The fraction of sp³-hybridized carbons (Fsp3) is 0.176. The van der Waals surface area contributed by atoms with Gasteiger partial charge >= 0.3 is 0 Å². The van der Waals surface area contributed by atoms with Crippen LogP contribution in [0.3, 0.4) is 0 Å². The van der Waals surface area contributed by atoms with Gasteiger partial charge in [-0.15, -0.1) is 22.7 Å². The number of carbonyl (C=O) groups excluding carboxylic acids is 1. The fourth-order valence-corrected chi connectivity index (χ4v) is 3.85. The van der Waals surface area contributed by atoms with E-state index in [0.29, 0.717) is 12.2 Å². The van der Waals surface area contributed by atoms with Gasteiger partial charge in [0.05, 0.1) is 4.88 Å². The average molecular weight is 328 g/mol. The Morgan fingerprint density at radius 1 is 1.18 bits per heavy atom. The summed E-state index contributed by atoms with van der Waals surface area (Å²) < 4.78 is 0. The molecule has 0 atom stereocenters. The molecule has 0 aliphatic rings. The Morgan fingerprint density at radius 3 is 2.73 bits per heavy atom. The molecule has 5 heteroatoms. The number of benzene rings is 1. The van der Waals surface area contributed by atoms with E-state index in [4.69, 9.17) is 0 Å². The normalized spacial score (nSPS) is 10.6. The Labute approximate surface area is 137 Å². The first-order chi connectivity index (χ1) is 10.6. The second kappa shape index (κ2) is 6.42. The number of aromatic nitrogens is 1. The standard InChI is InChI=1S/C17H16N2OS2/c1-11-5-3-4-6-13(11)9-18-16(20)14-10-21-17(19-14)15-8-7-12(2)22-15/h3-8,10H,9H2,1-2H3,(H,18,20). The highest BCUT2D eigenvalue weighted by molar-refractivity contribution is 7.21. The number of rotatable bonds is 4. The monoisotopic (exact) mass is 328 g/mol. The highest BCUT2D eigenvalue weighted by atomic mass is 32.1. The van der Waals surface area contributed by atoms with Crippen molar-refractivity contribution in [2.45, 2.75) is 20.4 Å². The summed E-state index contributed by atoms with van der Waals surface area (Å²) in [6, 6.07) is 12.2. The van der Waals surface area contributed by atoms with Crippen molar-refractivity contribution in [2.24, 2.45) is 0 Å². The van der Waals surface area contributed by atoms with Crippen LogP contribution in [-0.2, 0) is 6.54 Å². The average Bonchev–Trinajstić information content (AvgIpc) is 3.15. The lowest BCUT2D eigenvalue weighted by Crippen LogP contribution is -2.23. The predicted molar refractivity (Wildman–Crippen MR) is 92.5 cm³/mol. The molecule has 3 aromatic rings. The minimum atomic E-state index is -0.126. The van der Waals surface area contributed by atoms with Crippen LogP contribution in [0.2, 0.25) is 0 Å². The Kier molecular flexibility index (Phi) is 4.36. The maximum atomic E-state index is 12.2. The Hall–Kier alpha value is -1.98. The summed E-state index contributed by atoms with van der Waals surface area (Å²) in [5.74, 6) is -0.126. The van der Waals surface area contributed by atoms with Gasteiger partial charge in [-0.3, -0.25) is 4.79 Å². The topological polar surface area (TPSA) is 42.0 Å². The minimum absolute atomic E-state index is 0.126. The van der Waals surface area contributed by atoms with Crippen LogP contribution < -0.4 is 5.32 Å². The second-order valence-corrected chi connectivity index (χ2v) is 7.20. The van der Waals surface area contributed by atoms with E-state index in [1.54, 1.807) is 11.3 Å². The van der Waals surface area contributed by atoms with Gasteiger partial charge in [-0.25, -0.2) is 4.98 Å². The van der Waals surface area contributed by atoms with Gasteiger partial charge in [0.2, 0.25) is 0 Å². The number of thiazole rings is 1. The molecule has 0 radical (unpaired) electrons. The van der Waals surface area contributed by atoms with E-state index in [-0.39, 0.29) is 5.91 Å². The van der Waals surface area contributed by atoms with Gasteiger partial charge in [-0.05, 0) is 37.1 Å². The molecule has 0 fully saturated rings. The molecule has 0 unspecified atom stereocenters. The third-order valence-corrected chi connectivity index (χ3v) is 5.40. The molecule has 2 heterocycles. The number of amides is 1. The van der Waals surface area contributed by atoms with E-state index < -0.39 is 0 Å². The molecule has 3 nitrogen and oxygen atoms in total. The SMILES string of the molecule is Cc1ccc(-c2nc(C(=O)NCc3ccccc3C)cs2)s1. The van der Waals surface area contributed by atoms with Crippen molar-refractivity contribution >= 4 is 28.6 Å². The summed E-state index contributed by atoms with van der Waals surface area (Å²) >= 11 is 3.20. The van der Waals surface area contributed by atoms with Gasteiger partial charge in [-0.2, -0.15) is 0 Å². The van der Waals surface area contributed by atoms with Crippen molar-refractivity contribution < 1.29 is 4.79 Å². The van der Waals surface area contributed by atoms with Crippen LogP contribution >= 0.6 is 22.7 Å². The number of hydrogen-bond donors (Lipinski definition) is 1. The van der Waals surface area contributed by atoms with Crippen molar-refractivity contribution in [3.05, 3.63) is 63.5 Å². The Morgan fingerprint density at radius 2 is 2.00 bits per heavy atom. The third kappa shape index (κ3) is 3.26. The Balaban J connectivity index is 1.68. The van der Waals surface area contributed by atoms with Crippen molar-refractivity contribution in [3.63, 3.8) is 0 Å². The maximum absolute atomic E-state index is 12.2. The number of aryl methyl sites for hydroxylation is 2. The van der Waals surface area contributed by atoms with Gasteiger partial charge in [-0.1, -0.05) is 24.3 Å². The van der Waals surface area contributed by atoms with Crippen molar-refractivity contribution in [2.75, 3.05) is 0 Å². The van der Waals surface area contributed by atoms with E-state index >= 15 is 0 Å². The maximum Gasteiger partial charge on any atom is 0.271 e. The van der Waals surface area contributed by atoms with E-state index in [9.17, 15) is 4.79 Å². The van der Waals surface area contributed by atoms with Crippen LogP contribution in [0.4, 0.5) is 0 Å². The quantitative estimate of drug-likeness (QED) is 0.770. The summed E-state index contributed by atoms with van der Waals surface area (Å²) in [5, 5.41) is 5.65. The van der Waals surface area contributed by atoms with Crippen molar-refractivity contribution in [3.8, 4) is 9.88 Å². The molecule has 0 bridgehead atoms. The molecular formula is C17H16N2OS2. The summed E-state index contributed by atoms with van der Waals surface area (Å²) in [6.45, 7) is 4.63. The van der Waals surface area contributed by atoms with Gasteiger partial charge in [0.15, 0.2) is 0 Å². The molecule has 0 saturated carbocycles. The van der Waals surface area contributed by atoms with E-state index in [0.717, 1.165) is 15.4 Å². The summed E-state index contributed by atoms with van der Waals surface area (Å²) in [7, 11) is 0. The lowest BCUT2D eigenvalue weighted by Gasteiger charge is -2.06. The van der Waals surface area contributed by atoms with Crippen LogP contribution in [0, 0.1) is 13.8 Å². The lowest BCUT2D eigenvalue weighted by atomic mass is 10.1. The molecule has 0 aliphatic carbocycles. The zero-order valence-corrected chi connectivity index (χ0v) is 14.1. The third-order valence-electron chi connectivity index (χ3n) is 3.39. The van der Waals surface area contributed by atoms with Crippen LogP contribution in [0.25, 0.3) is 9.88 Å². The van der Waals surface area contributed by atoms with Crippen LogP contribution in [-0.4, -0.2) is 10.9 Å². The molecule has 0 spiro atoms. The molecule has 1 aromatic carbocycles. The molecule has 0 aliphatic heterocycles. The van der Waals surface area contributed by atoms with Crippen LogP contribution in [0.1, 0.15) is 26.5 Å². The van der Waals surface area contributed by atoms with Crippen molar-refractivity contribution in [1.29, 1.82) is 0 Å². The zero-order chi connectivity index (χ0) is 15.5. The van der Waals surface area contributed by atoms with Gasteiger partial charge in [0, 0.05) is 16.8 Å². The van der Waals surface area contributed by atoms with Gasteiger partial charge in [0.25, 0.3) is 5.91 Å². The van der Waals surface area contributed by atoms with Gasteiger partial charge < -0.3 is 5.32 Å². The Bertz CT molecular complexity index is 804. The van der Waals surface area contributed by atoms with Crippen LogP contribution in [0.5, 0.6) is 0 Å². The molecule has 1 amide bonds. The largest absolute Gasteiger partial charge is 0.347 e. The first kappa shape index (κ1) is 14.9. The number of carbonyl (C=O) groups is 1. The summed E-state index contributed by atoms with van der Waals surface area (Å²) in [6.07, 6.45) is 0. The molecule has 112 valence electrons. The molecule has 3 rings (SSSR count). The number of hydrogen-bond acceptors (Lipinski definition) is 4. The fourth-order valence-electron chi connectivity index (χ4n) is 2.12. The highest BCUT2D eigenvalue weighted by Crippen LogP contribution is 2.30. The predicted octanol–water partition coefficient (Wildman–Crippen LogP) is 4.42. The van der Waals surface area contributed by atoms with Gasteiger partial charge in [0.1, 0.15) is 10.7 Å². The zero-order valence-electron chi connectivity index (χ0n) is 12.4. The molecule has 22 heavy (non-hydrogen) atoms. The molecule has 0 saturated heterocycles. The van der Waals surface area contributed by atoms with Crippen molar-refractivity contribution in [1.82, 2.24) is 10.3 Å². The van der Waals surface area contributed by atoms with E-state index in [1.807, 2.05) is 42.6 Å². The summed E-state index contributed by atoms with van der Waals surface area (Å²) in [4.78, 5) is 19.0. The highest BCUT2D eigenvalue weighted by Gasteiger charge is 2.12. The van der Waals surface area contributed by atoms with Crippen LogP contribution in [0.15, 0.2) is 41.8 Å². The minimum Gasteiger partial charge on any atom is -0.347 e. The number of thiophene rings is 1. The lowest BCUT2D eigenvalue weighted by molar-refractivity contribution is 0.0946. The first-order valence-corrected chi connectivity index (χ1v) is 8.68. The van der Waals surface area contributed by atoms with E-state index in [2.05, 4.69) is 23.3 Å². The molecule has 1 N–H and O–H groups in total. The molecular weight excluding hydrogens is 312 g/mol. The first-order valence-electron chi connectivity index (χ1n) is 6.98. The smallest absolute Gasteiger partial charge is 0.271 e. The summed E-state index contributed by atoms with van der Waals surface area (Å²) in [5.41, 5.74) is 2.79. The van der Waals surface area contributed by atoms with E-state index in [1.165, 1.54) is 21.8 Å². The number of nitrogens with one attached hydrogen (secondary N) is 1. The second-order valence-electron chi connectivity index (χ2n) is 5.06.